The molecule has 0 aromatic carbocycles. The molecule has 1 heterocycles. The molecule has 1 aliphatic rings. The molecule has 0 bridgehead atoms. The van der Waals surface area contributed by atoms with E-state index in [1.807, 2.05) is 0 Å². The molecule has 0 radical (unpaired) electrons. The van der Waals surface area contributed by atoms with Crippen molar-refractivity contribution in [3.63, 3.8) is 0 Å². The highest BCUT2D eigenvalue weighted by atomic mass is 16.4. The predicted octanol–water partition coefficient (Wildman–Crippen LogP) is -3.54. The standard InChI is InChI=1S/C14H22N4O8/c15-7(6-19)12(23)17-8(4-11(21)22)13(24)16-5-10(20)18-3-1-2-9(18)14(25)26/h7-9,19H,1-6,15H2,(H,16,24)(H,17,23)(H,21,22)(H,25,26). The minimum Gasteiger partial charge on any atom is -0.481 e. The van der Waals surface area contributed by atoms with Crippen LogP contribution in [0.5, 0.6) is 0 Å². The summed E-state index contributed by atoms with van der Waals surface area (Å²) in [4.78, 5) is 58.8. The number of aliphatic carboxylic acids is 2. The Balaban J connectivity index is 2.65. The number of carboxylic acid groups (broad SMARTS) is 2. The minimum atomic E-state index is -1.50. The maximum absolute atomic E-state index is 12.1. The number of likely N-dealkylation sites (tertiary alicyclic amines) is 1. The van der Waals surface area contributed by atoms with Crippen molar-refractivity contribution in [1.29, 1.82) is 0 Å². The Kier molecular flexibility index (Phi) is 7.93. The van der Waals surface area contributed by atoms with E-state index in [0.717, 1.165) is 4.90 Å². The SMILES string of the molecule is NC(CO)C(=O)NC(CC(=O)O)C(=O)NCC(=O)N1CCCC1C(=O)O. The lowest BCUT2D eigenvalue weighted by atomic mass is 10.1. The van der Waals surface area contributed by atoms with Crippen LogP contribution in [0.25, 0.3) is 0 Å². The van der Waals surface area contributed by atoms with Crippen molar-refractivity contribution in [1.82, 2.24) is 15.5 Å². The van der Waals surface area contributed by atoms with E-state index in [0.29, 0.717) is 12.8 Å². The molecular weight excluding hydrogens is 352 g/mol. The summed E-state index contributed by atoms with van der Waals surface area (Å²) in [5, 5.41) is 31.0. The number of nitrogens with one attached hydrogen (secondary N) is 2. The molecule has 0 saturated carbocycles. The van der Waals surface area contributed by atoms with E-state index in [-0.39, 0.29) is 6.54 Å². The third-order valence-electron chi connectivity index (χ3n) is 3.82. The summed E-state index contributed by atoms with van der Waals surface area (Å²) in [6.45, 7) is -0.996. The molecule has 12 nitrogen and oxygen atoms in total. The van der Waals surface area contributed by atoms with Crippen LogP contribution in [-0.4, -0.2) is 87.7 Å². The van der Waals surface area contributed by atoms with Gasteiger partial charge in [-0.1, -0.05) is 0 Å². The summed E-state index contributed by atoms with van der Waals surface area (Å²) in [7, 11) is 0. The van der Waals surface area contributed by atoms with E-state index in [1.165, 1.54) is 0 Å². The average Bonchev–Trinajstić information content (AvgIpc) is 3.07. The van der Waals surface area contributed by atoms with Crippen molar-refractivity contribution in [2.24, 2.45) is 5.73 Å². The lowest BCUT2D eigenvalue weighted by Crippen LogP contribution is -2.54. The zero-order chi connectivity index (χ0) is 19.9. The number of rotatable bonds is 9. The summed E-state index contributed by atoms with van der Waals surface area (Å²) in [6.07, 6.45) is 0.0739. The number of aliphatic hydroxyl groups excluding tert-OH is 1. The monoisotopic (exact) mass is 374 g/mol. The Morgan fingerprint density at radius 2 is 1.81 bits per heavy atom. The van der Waals surface area contributed by atoms with Gasteiger partial charge in [-0.05, 0) is 12.8 Å². The van der Waals surface area contributed by atoms with Gasteiger partial charge in [-0.15, -0.1) is 0 Å². The van der Waals surface area contributed by atoms with Gasteiger partial charge in [0.05, 0.1) is 19.6 Å². The topological polar surface area (TPSA) is 199 Å². The molecular formula is C14H22N4O8. The van der Waals surface area contributed by atoms with E-state index in [2.05, 4.69) is 10.6 Å². The van der Waals surface area contributed by atoms with Crippen LogP contribution in [0, 0.1) is 0 Å². The van der Waals surface area contributed by atoms with Crippen LogP contribution in [-0.2, 0) is 24.0 Å². The van der Waals surface area contributed by atoms with Gasteiger partial charge >= 0.3 is 11.9 Å². The largest absolute Gasteiger partial charge is 0.481 e. The number of hydrogen-bond acceptors (Lipinski definition) is 7. The van der Waals surface area contributed by atoms with Crippen LogP contribution < -0.4 is 16.4 Å². The van der Waals surface area contributed by atoms with Gasteiger partial charge in [-0.3, -0.25) is 19.2 Å². The van der Waals surface area contributed by atoms with E-state index in [9.17, 15) is 24.0 Å². The van der Waals surface area contributed by atoms with E-state index in [4.69, 9.17) is 21.1 Å². The molecule has 0 spiro atoms. The molecule has 1 rings (SSSR count). The molecule has 3 amide bonds. The smallest absolute Gasteiger partial charge is 0.326 e. The minimum absolute atomic E-state index is 0.242. The zero-order valence-corrected chi connectivity index (χ0v) is 13.9. The summed E-state index contributed by atoms with van der Waals surface area (Å²) in [5.74, 6) is -5.01. The molecule has 0 aromatic rings. The van der Waals surface area contributed by atoms with Crippen LogP contribution >= 0.6 is 0 Å². The quantitative estimate of drug-likeness (QED) is 0.236. The Bertz CT molecular complexity index is 581. The van der Waals surface area contributed by atoms with Gasteiger partial charge < -0.3 is 36.6 Å². The van der Waals surface area contributed by atoms with Gasteiger partial charge in [-0.25, -0.2) is 4.79 Å². The van der Waals surface area contributed by atoms with Crippen LogP contribution in [0.1, 0.15) is 19.3 Å². The maximum atomic E-state index is 12.1. The number of carbonyl (C=O) groups is 5. The number of nitrogens with two attached hydrogens (primary N) is 1. The molecule has 0 aromatic heterocycles. The molecule has 1 fully saturated rings. The molecule has 3 unspecified atom stereocenters. The van der Waals surface area contributed by atoms with Crippen LogP contribution in [0.2, 0.25) is 0 Å². The zero-order valence-electron chi connectivity index (χ0n) is 13.9. The fraction of sp³-hybridized carbons (Fsp3) is 0.643. The van der Waals surface area contributed by atoms with E-state index < -0.39 is 67.4 Å². The Morgan fingerprint density at radius 1 is 1.15 bits per heavy atom. The number of nitrogens with zero attached hydrogens (tertiary/aromatic N) is 1. The summed E-state index contributed by atoms with van der Waals surface area (Å²) >= 11 is 0. The average molecular weight is 374 g/mol. The summed E-state index contributed by atoms with van der Waals surface area (Å²) < 4.78 is 0. The number of hydrogen-bond donors (Lipinski definition) is 6. The molecule has 12 heteroatoms. The Morgan fingerprint density at radius 3 is 2.35 bits per heavy atom. The van der Waals surface area contributed by atoms with Crippen molar-refractivity contribution in [2.45, 2.75) is 37.4 Å². The number of aliphatic hydroxyl groups is 1. The van der Waals surface area contributed by atoms with Gasteiger partial charge in [0.15, 0.2) is 0 Å². The second kappa shape index (κ2) is 9.68. The highest BCUT2D eigenvalue weighted by molar-refractivity contribution is 5.94. The van der Waals surface area contributed by atoms with E-state index in [1.54, 1.807) is 0 Å². The summed E-state index contributed by atoms with van der Waals surface area (Å²) in [6, 6.07) is -3.79. The van der Waals surface area contributed by atoms with Gasteiger partial charge in [0.2, 0.25) is 17.7 Å². The lowest BCUT2D eigenvalue weighted by Gasteiger charge is -2.23. The molecule has 1 aliphatic heterocycles. The normalized spacial score (nSPS) is 18.7. The Hall–Kier alpha value is -2.73. The molecule has 1 saturated heterocycles. The maximum Gasteiger partial charge on any atom is 0.326 e. The van der Waals surface area contributed by atoms with E-state index >= 15 is 0 Å². The number of carbonyl (C=O) groups excluding carboxylic acids is 3. The fourth-order valence-corrected chi connectivity index (χ4v) is 2.45. The van der Waals surface area contributed by atoms with Crippen LogP contribution in [0.4, 0.5) is 0 Å². The Labute approximate surface area is 148 Å². The first-order chi connectivity index (χ1) is 12.2. The van der Waals surface area contributed by atoms with Gasteiger partial charge in [0, 0.05) is 6.54 Å². The summed E-state index contributed by atoms with van der Waals surface area (Å²) in [5.41, 5.74) is 5.29. The third kappa shape index (κ3) is 5.97. The van der Waals surface area contributed by atoms with Gasteiger partial charge in [0.1, 0.15) is 18.1 Å². The molecule has 26 heavy (non-hydrogen) atoms. The fourth-order valence-electron chi connectivity index (χ4n) is 2.45. The third-order valence-corrected chi connectivity index (χ3v) is 3.82. The highest BCUT2D eigenvalue weighted by Crippen LogP contribution is 2.17. The lowest BCUT2D eigenvalue weighted by molar-refractivity contribution is -0.148. The van der Waals surface area contributed by atoms with Crippen molar-refractivity contribution in [2.75, 3.05) is 19.7 Å². The molecule has 146 valence electrons. The predicted molar refractivity (Wildman–Crippen MR) is 84.6 cm³/mol. The van der Waals surface area contributed by atoms with Crippen LogP contribution in [0.15, 0.2) is 0 Å². The van der Waals surface area contributed by atoms with Gasteiger partial charge in [-0.2, -0.15) is 0 Å². The molecule has 0 aliphatic carbocycles. The molecule has 3 atom stereocenters. The van der Waals surface area contributed by atoms with Crippen molar-refractivity contribution in [3.8, 4) is 0 Å². The highest BCUT2D eigenvalue weighted by Gasteiger charge is 2.34. The van der Waals surface area contributed by atoms with Crippen molar-refractivity contribution < 1.29 is 39.3 Å². The molecule has 7 N–H and O–H groups in total. The van der Waals surface area contributed by atoms with Gasteiger partial charge in [0.25, 0.3) is 0 Å². The second-order valence-electron chi connectivity index (χ2n) is 5.75. The van der Waals surface area contributed by atoms with Crippen molar-refractivity contribution in [3.05, 3.63) is 0 Å². The number of carboxylic acids is 2. The van der Waals surface area contributed by atoms with Crippen LogP contribution in [0.3, 0.4) is 0 Å². The first-order valence-electron chi connectivity index (χ1n) is 7.86. The number of amides is 3. The second-order valence-corrected chi connectivity index (χ2v) is 5.75. The first kappa shape index (κ1) is 21.3. The first-order valence-corrected chi connectivity index (χ1v) is 7.86. The van der Waals surface area contributed by atoms with Crippen molar-refractivity contribution >= 4 is 29.7 Å².